The summed E-state index contributed by atoms with van der Waals surface area (Å²) < 4.78 is 5.26. The largest absolute Gasteiger partial charge is 0.497 e. The molecule has 2 N–H and O–H groups in total. The Morgan fingerprint density at radius 3 is 2.41 bits per heavy atom. The second-order valence-electron chi connectivity index (χ2n) is 8.87. The molecule has 198 valence electrons. The maximum atomic E-state index is 12.8. The number of benzene rings is 3. The van der Waals surface area contributed by atoms with Crippen LogP contribution in [0.5, 0.6) is 5.75 Å². The van der Waals surface area contributed by atoms with Gasteiger partial charge in [0.15, 0.2) is 5.17 Å². The number of hydrogen-bond donors (Lipinski definition) is 2. The van der Waals surface area contributed by atoms with Gasteiger partial charge < -0.3 is 15.2 Å². The molecule has 2 aliphatic heterocycles. The van der Waals surface area contributed by atoms with Gasteiger partial charge in [0.05, 0.1) is 24.4 Å². The summed E-state index contributed by atoms with van der Waals surface area (Å²) in [4.78, 5) is 40.8. The number of carbonyl (C=O) groups excluding carboxylic acids is 2. The summed E-state index contributed by atoms with van der Waals surface area (Å²) in [7, 11) is 1.61. The number of carboxylic acid groups (broad SMARTS) is 1. The maximum absolute atomic E-state index is 12.8. The highest BCUT2D eigenvalue weighted by molar-refractivity contribution is 8.15. The third-order valence-corrected chi connectivity index (χ3v) is 7.69. The first kappa shape index (κ1) is 26.5. The molecule has 0 radical (unpaired) electrons. The van der Waals surface area contributed by atoms with Gasteiger partial charge >= 0.3 is 5.97 Å². The third kappa shape index (κ3) is 5.97. The molecule has 0 saturated carbocycles. The van der Waals surface area contributed by atoms with Crippen LogP contribution in [-0.4, -0.2) is 51.1 Å². The minimum Gasteiger partial charge on any atom is -0.497 e. The van der Waals surface area contributed by atoms with Crippen LogP contribution in [0.2, 0.25) is 5.02 Å². The van der Waals surface area contributed by atoms with Gasteiger partial charge in [0.2, 0.25) is 5.91 Å². The van der Waals surface area contributed by atoms with Crippen molar-refractivity contribution < 1.29 is 24.2 Å². The van der Waals surface area contributed by atoms with Gasteiger partial charge in [-0.15, -0.1) is 0 Å². The Kier molecular flexibility index (Phi) is 7.67. The molecule has 0 fully saturated rings. The molecule has 3 aromatic carbocycles. The molecule has 2 aliphatic rings. The summed E-state index contributed by atoms with van der Waals surface area (Å²) in [5.74, 6) is -1.10. The van der Waals surface area contributed by atoms with E-state index in [4.69, 9.17) is 26.5 Å². The van der Waals surface area contributed by atoms with Crippen molar-refractivity contribution in [3.63, 3.8) is 0 Å². The van der Waals surface area contributed by atoms with Crippen molar-refractivity contribution in [1.82, 2.24) is 5.01 Å². The number of aliphatic imine (C=N–C) groups is 1. The van der Waals surface area contributed by atoms with Crippen molar-refractivity contribution in [3.8, 4) is 5.75 Å². The van der Waals surface area contributed by atoms with Gasteiger partial charge in [0.1, 0.15) is 11.0 Å². The van der Waals surface area contributed by atoms with E-state index < -0.39 is 17.1 Å². The first-order valence-corrected chi connectivity index (χ1v) is 13.3. The van der Waals surface area contributed by atoms with Gasteiger partial charge in [-0.2, -0.15) is 10.1 Å². The summed E-state index contributed by atoms with van der Waals surface area (Å²) in [6.45, 7) is 0. The Balaban J connectivity index is 1.32. The lowest BCUT2D eigenvalue weighted by molar-refractivity contribution is -0.121. The number of nitrogens with one attached hydrogen (secondary N) is 1. The quantitative estimate of drug-likeness (QED) is 0.405. The highest BCUT2D eigenvalue weighted by Gasteiger charge is 2.39. The van der Waals surface area contributed by atoms with Gasteiger partial charge in [0, 0.05) is 23.6 Å². The highest BCUT2D eigenvalue weighted by Crippen LogP contribution is 2.39. The molecular formula is C28H23ClN4O5S. The van der Waals surface area contributed by atoms with E-state index in [9.17, 15) is 14.4 Å². The van der Waals surface area contributed by atoms with Crippen molar-refractivity contribution in [1.29, 1.82) is 0 Å². The smallest absolute Gasteiger partial charge is 0.335 e. The Bertz CT molecular complexity index is 1470. The number of amidine groups is 1. The molecule has 2 atom stereocenters. The second kappa shape index (κ2) is 11.3. The third-order valence-electron chi connectivity index (χ3n) is 6.30. The van der Waals surface area contributed by atoms with E-state index in [0.29, 0.717) is 22.3 Å². The van der Waals surface area contributed by atoms with Gasteiger partial charge in [0.25, 0.3) is 5.91 Å². The van der Waals surface area contributed by atoms with E-state index in [2.05, 4.69) is 10.3 Å². The van der Waals surface area contributed by atoms with Crippen LogP contribution in [0.25, 0.3) is 0 Å². The van der Waals surface area contributed by atoms with E-state index in [-0.39, 0.29) is 23.9 Å². The van der Waals surface area contributed by atoms with Crippen molar-refractivity contribution >= 4 is 57.7 Å². The lowest BCUT2D eigenvalue weighted by atomic mass is 9.98. The average molecular weight is 563 g/mol. The Hall–Kier alpha value is -4.15. The Morgan fingerprint density at radius 1 is 1.08 bits per heavy atom. The lowest BCUT2D eigenvalue weighted by Crippen LogP contribution is -2.25. The van der Waals surface area contributed by atoms with Crippen molar-refractivity contribution in [3.05, 3.63) is 94.5 Å². The van der Waals surface area contributed by atoms with Crippen LogP contribution in [0.4, 0.5) is 5.69 Å². The Labute approximate surface area is 233 Å². The molecule has 0 bridgehead atoms. The topological polar surface area (TPSA) is 121 Å². The molecule has 2 amide bonds. The van der Waals surface area contributed by atoms with Crippen LogP contribution in [0.1, 0.15) is 40.4 Å². The molecule has 3 aromatic rings. The zero-order valence-corrected chi connectivity index (χ0v) is 22.3. The predicted octanol–water partition coefficient (Wildman–Crippen LogP) is 5.22. The number of nitrogens with zero attached hydrogens (tertiary/aromatic N) is 3. The minimum absolute atomic E-state index is 0.0916. The number of carbonyl (C=O) groups is 3. The molecule has 11 heteroatoms. The summed E-state index contributed by atoms with van der Waals surface area (Å²) in [5, 5.41) is 18.7. The van der Waals surface area contributed by atoms with Crippen LogP contribution >= 0.6 is 23.4 Å². The number of rotatable bonds is 7. The zero-order valence-electron chi connectivity index (χ0n) is 20.7. The maximum Gasteiger partial charge on any atom is 0.335 e. The first-order valence-electron chi connectivity index (χ1n) is 12.0. The summed E-state index contributed by atoms with van der Waals surface area (Å²) in [5.41, 5.74) is 3.28. The SMILES string of the molecule is COc1ccc(C2=NN(C3=NC(=O)C(CC(=O)Nc4ccc(C(=O)O)cc4)S3)C(c3ccc(Cl)cc3)C2)cc1. The van der Waals surface area contributed by atoms with Gasteiger partial charge in [-0.1, -0.05) is 35.5 Å². The standard InChI is InChI=1S/C28H23ClN4O5S/c1-38-21-12-6-16(7-13-21)22-14-23(17-2-8-19(29)9-3-17)33(32-22)28-31-26(35)24(39-28)15-25(34)30-20-10-4-18(5-11-20)27(36)37/h2-13,23-24H,14-15H2,1H3,(H,30,34)(H,36,37). The highest BCUT2D eigenvalue weighted by atomic mass is 35.5. The number of aromatic carboxylic acids is 1. The number of anilines is 1. The molecule has 0 spiro atoms. The normalized spacial score (nSPS) is 18.5. The van der Waals surface area contributed by atoms with Crippen molar-refractivity contribution in [2.45, 2.75) is 24.1 Å². The van der Waals surface area contributed by atoms with Crippen LogP contribution < -0.4 is 10.1 Å². The molecule has 2 heterocycles. The van der Waals surface area contributed by atoms with Crippen LogP contribution in [0.15, 0.2) is 82.9 Å². The second-order valence-corrected chi connectivity index (χ2v) is 10.5. The fraction of sp³-hybridized carbons (Fsp3) is 0.179. The van der Waals surface area contributed by atoms with Crippen LogP contribution in [0.3, 0.4) is 0 Å². The van der Waals surface area contributed by atoms with Crippen LogP contribution in [-0.2, 0) is 9.59 Å². The summed E-state index contributed by atoms with van der Waals surface area (Å²) in [6, 6.07) is 20.7. The number of hydrazone groups is 1. The molecule has 5 rings (SSSR count). The van der Waals surface area contributed by atoms with Crippen LogP contribution in [0, 0.1) is 0 Å². The van der Waals surface area contributed by atoms with Gasteiger partial charge in [-0.05, 0) is 71.8 Å². The predicted molar refractivity (Wildman–Crippen MR) is 151 cm³/mol. The van der Waals surface area contributed by atoms with E-state index in [0.717, 1.165) is 22.6 Å². The first-order chi connectivity index (χ1) is 18.8. The molecule has 0 saturated heterocycles. The minimum atomic E-state index is -1.05. The molecule has 0 aliphatic carbocycles. The van der Waals surface area contributed by atoms with Gasteiger partial charge in [-0.25, -0.2) is 9.80 Å². The van der Waals surface area contributed by atoms with Gasteiger partial charge in [-0.3, -0.25) is 9.59 Å². The van der Waals surface area contributed by atoms with E-state index in [1.807, 2.05) is 48.5 Å². The number of thioether (sulfide) groups is 1. The average Bonchev–Trinajstić information content (AvgIpc) is 3.53. The number of amides is 2. The number of methoxy groups -OCH3 is 1. The number of halogens is 1. The molecule has 2 unspecified atom stereocenters. The lowest BCUT2D eigenvalue weighted by Gasteiger charge is -2.23. The number of carboxylic acids is 1. The summed E-state index contributed by atoms with van der Waals surface area (Å²) >= 11 is 7.31. The number of hydrogen-bond acceptors (Lipinski definition) is 7. The summed E-state index contributed by atoms with van der Waals surface area (Å²) in [6.07, 6.45) is 0.491. The van der Waals surface area contributed by atoms with Crippen molar-refractivity contribution in [2.75, 3.05) is 12.4 Å². The molecular weight excluding hydrogens is 540 g/mol. The molecule has 39 heavy (non-hydrogen) atoms. The number of ether oxygens (including phenoxy) is 1. The van der Waals surface area contributed by atoms with E-state index >= 15 is 0 Å². The van der Waals surface area contributed by atoms with Crippen molar-refractivity contribution in [2.24, 2.45) is 10.1 Å². The molecule has 9 nitrogen and oxygen atoms in total. The molecule has 0 aromatic heterocycles. The monoisotopic (exact) mass is 562 g/mol. The fourth-order valence-electron chi connectivity index (χ4n) is 4.27. The zero-order chi connectivity index (χ0) is 27.5. The Morgan fingerprint density at radius 2 is 1.77 bits per heavy atom. The van der Waals surface area contributed by atoms with E-state index in [1.165, 1.54) is 36.0 Å². The van der Waals surface area contributed by atoms with E-state index in [1.54, 1.807) is 12.1 Å². The fourth-order valence-corrected chi connectivity index (χ4v) is 5.46.